The van der Waals surface area contributed by atoms with Gasteiger partial charge in [0.1, 0.15) is 0 Å². The first-order chi connectivity index (χ1) is 9.20. The molecule has 100 valence electrons. The summed E-state index contributed by atoms with van der Waals surface area (Å²) in [5, 5.41) is 11.7. The van der Waals surface area contributed by atoms with Crippen molar-refractivity contribution in [1.82, 2.24) is 10.2 Å². The van der Waals surface area contributed by atoms with Crippen molar-refractivity contribution in [2.75, 3.05) is 19.6 Å². The molecule has 1 fully saturated rings. The van der Waals surface area contributed by atoms with Crippen LogP contribution in [0.1, 0.15) is 28.8 Å². The van der Waals surface area contributed by atoms with Crippen LogP contribution >= 0.6 is 0 Å². The van der Waals surface area contributed by atoms with Gasteiger partial charge in [0.05, 0.1) is 12.6 Å². The number of carbonyl (C=O) groups excluding carboxylic acids is 1. The quantitative estimate of drug-likeness (QED) is 0.839. The van der Waals surface area contributed by atoms with E-state index in [0.717, 1.165) is 37.1 Å². The number of rotatable bonds is 3. The molecule has 0 bridgehead atoms. The van der Waals surface area contributed by atoms with E-state index >= 15 is 0 Å². The van der Waals surface area contributed by atoms with Gasteiger partial charge in [-0.05, 0) is 31.4 Å². The number of carbonyl (C=O) groups is 1. The van der Waals surface area contributed by atoms with Crippen LogP contribution in [0.25, 0.3) is 0 Å². The van der Waals surface area contributed by atoms with E-state index in [4.69, 9.17) is 5.26 Å². The minimum absolute atomic E-state index is 0.0110. The molecule has 1 N–H and O–H groups in total. The lowest BCUT2D eigenvalue weighted by molar-refractivity contribution is 0.0914. The fourth-order valence-corrected chi connectivity index (χ4v) is 2.43. The smallest absolute Gasteiger partial charge is 0.251 e. The molecule has 1 saturated heterocycles. The molecule has 0 radical (unpaired) electrons. The fourth-order valence-electron chi connectivity index (χ4n) is 2.43. The number of hydrogen-bond donors (Lipinski definition) is 1. The van der Waals surface area contributed by atoms with E-state index in [0.29, 0.717) is 6.54 Å². The molecular weight excluding hydrogens is 238 g/mol. The summed E-state index contributed by atoms with van der Waals surface area (Å²) in [6.45, 7) is 4.20. The Morgan fingerprint density at radius 2 is 2.11 bits per heavy atom. The Morgan fingerprint density at radius 3 is 2.74 bits per heavy atom. The molecule has 1 aromatic rings. The summed E-state index contributed by atoms with van der Waals surface area (Å²) < 4.78 is 0. The SMILES string of the molecule is Cc1ccccc1C(=O)NC1CCN(CC#N)CC1. The lowest BCUT2D eigenvalue weighted by atomic mass is 10.0. The Labute approximate surface area is 114 Å². The van der Waals surface area contributed by atoms with Gasteiger partial charge in [-0.3, -0.25) is 9.69 Å². The van der Waals surface area contributed by atoms with Crippen LogP contribution < -0.4 is 5.32 Å². The van der Waals surface area contributed by atoms with Crippen LogP contribution in [0.15, 0.2) is 24.3 Å². The summed E-state index contributed by atoms with van der Waals surface area (Å²) >= 11 is 0. The number of nitrogens with zero attached hydrogens (tertiary/aromatic N) is 2. The molecule has 0 unspecified atom stereocenters. The van der Waals surface area contributed by atoms with E-state index in [2.05, 4.69) is 16.3 Å². The van der Waals surface area contributed by atoms with E-state index in [1.165, 1.54) is 0 Å². The number of likely N-dealkylation sites (tertiary alicyclic amines) is 1. The van der Waals surface area contributed by atoms with Crippen LogP contribution in [0.5, 0.6) is 0 Å². The molecule has 2 rings (SSSR count). The summed E-state index contributed by atoms with van der Waals surface area (Å²) in [6, 6.07) is 10.0. The van der Waals surface area contributed by atoms with Gasteiger partial charge in [-0.1, -0.05) is 18.2 Å². The van der Waals surface area contributed by atoms with Gasteiger partial charge in [-0.25, -0.2) is 0 Å². The van der Waals surface area contributed by atoms with Gasteiger partial charge in [0.2, 0.25) is 0 Å². The van der Waals surface area contributed by atoms with Gasteiger partial charge in [-0.2, -0.15) is 5.26 Å². The Kier molecular flexibility index (Phi) is 4.53. The van der Waals surface area contributed by atoms with Crippen LogP contribution in [0.3, 0.4) is 0 Å². The number of hydrogen-bond acceptors (Lipinski definition) is 3. The van der Waals surface area contributed by atoms with Crippen LogP contribution in [0.4, 0.5) is 0 Å². The Balaban J connectivity index is 1.88. The zero-order valence-electron chi connectivity index (χ0n) is 11.2. The van der Waals surface area contributed by atoms with E-state index in [1.54, 1.807) is 0 Å². The minimum atomic E-state index is 0.0110. The predicted molar refractivity (Wildman–Crippen MR) is 73.7 cm³/mol. The van der Waals surface area contributed by atoms with Gasteiger partial charge < -0.3 is 5.32 Å². The van der Waals surface area contributed by atoms with Crippen molar-refractivity contribution in [3.05, 3.63) is 35.4 Å². The normalized spacial score (nSPS) is 16.8. The average molecular weight is 257 g/mol. The number of amides is 1. The third kappa shape index (κ3) is 3.55. The number of piperidine rings is 1. The first-order valence-electron chi connectivity index (χ1n) is 6.66. The molecule has 1 heterocycles. The number of benzene rings is 1. The molecule has 1 aliphatic rings. The molecule has 1 aromatic carbocycles. The van der Waals surface area contributed by atoms with E-state index in [-0.39, 0.29) is 11.9 Å². The topological polar surface area (TPSA) is 56.1 Å². The van der Waals surface area contributed by atoms with Crippen LogP contribution in [0, 0.1) is 18.3 Å². The molecule has 19 heavy (non-hydrogen) atoms. The maximum absolute atomic E-state index is 12.2. The van der Waals surface area contributed by atoms with Gasteiger partial charge in [0.25, 0.3) is 5.91 Å². The summed E-state index contributed by atoms with van der Waals surface area (Å²) in [5.41, 5.74) is 1.75. The highest BCUT2D eigenvalue weighted by molar-refractivity contribution is 5.95. The molecule has 4 heteroatoms. The lowest BCUT2D eigenvalue weighted by Crippen LogP contribution is -2.44. The molecule has 0 aromatic heterocycles. The zero-order chi connectivity index (χ0) is 13.7. The fraction of sp³-hybridized carbons (Fsp3) is 0.467. The maximum atomic E-state index is 12.2. The average Bonchev–Trinajstić information content (AvgIpc) is 2.42. The van der Waals surface area contributed by atoms with Crippen molar-refractivity contribution in [3.63, 3.8) is 0 Å². The first kappa shape index (κ1) is 13.6. The number of aryl methyl sites for hydroxylation is 1. The largest absolute Gasteiger partial charge is 0.349 e. The molecule has 0 saturated carbocycles. The van der Waals surface area contributed by atoms with Crippen molar-refractivity contribution < 1.29 is 4.79 Å². The van der Waals surface area contributed by atoms with Crippen molar-refractivity contribution in [2.45, 2.75) is 25.8 Å². The Hall–Kier alpha value is -1.86. The van der Waals surface area contributed by atoms with Gasteiger partial charge in [-0.15, -0.1) is 0 Å². The Morgan fingerprint density at radius 1 is 1.42 bits per heavy atom. The molecule has 0 spiro atoms. The Bertz CT molecular complexity index is 484. The number of nitrogens with one attached hydrogen (secondary N) is 1. The molecular formula is C15H19N3O. The second-order valence-corrected chi connectivity index (χ2v) is 5.00. The minimum Gasteiger partial charge on any atom is -0.349 e. The van der Waals surface area contributed by atoms with Crippen LogP contribution in [-0.2, 0) is 0 Å². The van der Waals surface area contributed by atoms with Gasteiger partial charge in [0.15, 0.2) is 0 Å². The highest BCUT2D eigenvalue weighted by atomic mass is 16.1. The first-order valence-corrected chi connectivity index (χ1v) is 6.66. The van der Waals surface area contributed by atoms with E-state index in [9.17, 15) is 4.79 Å². The van der Waals surface area contributed by atoms with Crippen molar-refractivity contribution in [2.24, 2.45) is 0 Å². The van der Waals surface area contributed by atoms with Gasteiger partial charge in [0, 0.05) is 24.7 Å². The van der Waals surface area contributed by atoms with Crippen LogP contribution in [0.2, 0.25) is 0 Å². The molecule has 0 aliphatic carbocycles. The van der Waals surface area contributed by atoms with E-state index in [1.807, 2.05) is 31.2 Å². The summed E-state index contributed by atoms with van der Waals surface area (Å²) in [4.78, 5) is 14.3. The zero-order valence-corrected chi connectivity index (χ0v) is 11.2. The molecule has 1 amide bonds. The summed E-state index contributed by atoms with van der Waals surface area (Å²) in [6.07, 6.45) is 1.83. The standard InChI is InChI=1S/C15H19N3O/c1-12-4-2-3-5-14(12)15(19)17-13-6-9-18(10-7-13)11-8-16/h2-5,13H,6-7,9-11H2,1H3,(H,17,19). The van der Waals surface area contributed by atoms with Crippen LogP contribution in [-0.4, -0.2) is 36.5 Å². The highest BCUT2D eigenvalue weighted by Crippen LogP contribution is 2.12. The monoisotopic (exact) mass is 257 g/mol. The maximum Gasteiger partial charge on any atom is 0.251 e. The molecule has 1 aliphatic heterocycles. The third-order valence-corrected chi connectivity index (χ3v) is 3.61. The highest BCUT2D eigenvalue weighted by Gasteiger charge is 2.21. The lowest BCUT2D eigenvalue weighted by Gasteiger charge is -2.30. The second-order valence-electron chi connectivity index (χ2n) is 5.00. The second kappa shape index (κ2) is 6.35. The summed E-state index contributed by atoms with van der Waals surface area (Å²) in [7, 11) is 0. The van der Waals surface area contributed by atoms with Crippen molar-refractivity contribution in [3.8, 4) is 6.07 Å². The van der Waals surface area contributed by atoms with Gasteiger partial charge >= 0.3 is 0 Å². The van der Waals surface area contributed by atoms with E-state index < -0.39 is 0 Å². The summed E-state index contributed by atoms with van der Waals surface area (Å²) in [5.74, 6) is 0.0110. The predicted octanol–water partition coefficient (Wildman–Crippen LogP) is 1.71. The van der Waals surface area contributed by atoms with Crippen molar-refractivity contribution in [1.29, 1.82) is 5.26 Å². The third-order valence-electron chi connectivity index (χ3n) is 3.61. The number of nitriles is 1. The molecule has 4 nitrogen and oxygen atoms in total. The van der Waals surface area contributed by atoms with Crippen molar-refractivity contribution >= 4 is 5.91 Å². The molecule has 0 atom stereocenters.